The summed E-state index contributed by atoms with van der Waals surface area (Å²) in [5.74, 6) is 0. The van der Waals surface area contributed by atoms with Crippen molar-refractivity contribution in [3.63, 3.8) is 0 Å². The Labute approximate surface area is 65.5 Å². The second-order valence-corrected chi connectivity index (χ2v) is 3.71. The Morgan fingerprint density at radius 3 is 1.90 bits per heavy atom. The van der Waals surface area contributed by atoms with Crippen molar-refractivity contribution in [2.24, 2.45) is 0 Å². The molecule has 0 aliphatic rings. The monoisotopic (exact) mass is 206 g/mol. The Kier molecular flexibility index (Phi) is 6.71. The van der Waals surface area contributed by atoms with Crippen LogP contribution in [0.15, 0.2) is 25.3 Å². The molecular weight excluding hydrogens is 195 g/mol. The summed E-state index contributed by atoms with van der Waals surface area (Å²) in [6.45, 7) is 7.38. The molecule has 10 heavy (non-hydrogen) atoms. The number of hydrogen-bond donors (Lipinski definition) is 0. The van der Waals surface area contributed by atoms with Crippen LogP contribution in [-0.2, 0) is 11.2 Å². The van der Waals surface area contributed by atoms with Crippen molar-refractivity contribution in [1.82, 2.24) is 0 Å². The first kappa shape index (κ1) is 9.76. The van der Waals surface area contributed by atoms with Crippen LogP contribution in [0.2, 0.25) is 0 Å². The van der Waals surface area contributed by atoms with Crippen molar-refractivity contribution in [1.29, 1.82) is 0 Å². The SMILES string of the molecule is C=CCO[AsH](=O)OCC=C. The molecule has 0 aliphatic heterocycles. The van der Waals surface area contributed by atoms with Crippen LogP contribution >= 0.6 is 0 Å². The number of hydrogen-bond acceptors (Lipinski definition) is 3. The van der Waals surface area contributed by atoms with Crippen LogP contribution in [0.25, 0.3) is 0 Å². The van der Waals surface area contributed by atoms with E-state index in [9.17, 15) is 3.74 Å². The fourth-order valence-electron chi connectivity index (χ4n) is 0.296. The molecule has 0 N–H and O–H groups in total. The summed E-state index contributed by atoms with van der Waals surface area (Å²) < 4.78 is 20.1. The quantitative estimate of drug-likeness (QED) is 0.470. The van der Waals surface area contributed by atoms with Crippen LogP contribution < -0.4 is 0 Å². The molecule has 0 saturated carbocycles. The van der Waals surface area contributed by atoms with Gasteiger partial charge in [0.25, 0.3) is 0 Å². The zero-order valence-electron chi connectivity index (χ0n) is 5.71. The molecule has 0 amide bonds. The van der Waals surface area contributed by atoms with Gasteiger partial charge in [-0.3, -0.25) is 0 Å². The van der Waals surface area contributed by atoms with Crippen LogP contribution in [0, 0.1) is 0 Å². The maximum atomic E-state index is 10.7. The second kappa shape index (κ2) is 6.87. The van der Waals surface area contributed by atoms with E-state index in [1.165, 1.54) is 12.2 Å². The van der Waals surface area contributed by atoms with Crippen molar-refractivity contribution >= 4 is 15.3 Å². The predicted molar refractivity (Wildman–Crippen MR) is 40.1 cm³/mol. The molecule has 0 bridgehead atoms. The van der Waals surface area contributed by atoms with Crippen molar-refractivity contribution in [2.45, 2.75) is 0 Å². The zero-order valence-corrected chi connectivity index (χ0v) is 7.81. The molecular formula is C6H11AsO3. The second-order valence-electron chi connectivity index (χ2n) is 1.45. The van der Waals surface area contributed by atoms with Gasteiger partial charge in [-0.25, -0.2) is 0 Å². The van der Waals surface area contributed by atoms with Gasteiger partial charge in [0, 0.05) is 0 Å². The summed E-state index contributed by atoms with van der Waals surface area (Å²) in [5, 5.41) is 0. The Balaban J connectivity index is 3.24. The molecule has 0 spiro atoms. The van der Waals surface area contributed by atoms with E-state index in [2.05, 4.69) is 13.2 Å². The summed E-state index contributed by atoms with van der Waals surface area (Å²) in [7, 11) is 0. The molecule has 0 unspecified atom stereocenters. The Bertz CT molecular complexity index is 119. The third-order valence-corrected chi connectivity index (χ3v) is 2.33. The maximum absolute atomic E-state index is 10.7. The topological polar surface area (TPSA) is 35.5 Å². The van der Waals surface area contributed by atoms with Crippen LogP contribution in [-0.4, -0.2) is 28.5 Å². The van der Waals surface area contributed by atoms with Gasteiger partial charge in [0.2, 0.25) is 0 Å². The molecule has 0 radical (unpaired) electrons. The summed E-state index contributed by atoms with van der Waals surface area (Å²) >= 11 is -2.87. The van der Waals surface area contributed by atoms with E-state index >= 15 is 0 Å². The van der Waals surface area contributed by atoms with Crippen LogP contribution in [0.5, 0.6) is 0 Å². The molecule has 0 saturated heterocycles. The average Bonchev–Trinajstić information content (AvgIpc) is 1.97. The molecule has 0 atom stereocenters. The Hall–Kier alpha value is -0.242. The van der Waals surface area contributed by atoms with Crippen LogP contribution in [0.1, 0.15) is 0 Å². The van der Waals surface area contributed by atoms with Crippen molar-refractivity contribution in [2.75, 3.05) is 13.2 Å². The zero-order chi connectivity index (χ0) is 7.82. The molecule has 3 nitrogen and oxygen atoms in total. The molecule has 0 aromatic heterocycles. The molecule has 0 aromatic carbocycles. The fourth-order valence-corrected chi connectivity index (χ4v) is 1.54. The third-order valence-electron chi connectivity index (χ3n) is 0.638. The van der Waals surface area contributed by atoms with Crippen molar-refractivity contribution in [3.05, 3.63) is 25.3 Å². The van der Waals surface area contributed by atoms with Crippen LogP contribution in [0.4, 0.5) is 0 Å². The van der Waals surface area contributed by atoms with E-state index < -0.39 is 15.3 Å². The summed E-state index contributed by atoms with van der Waals surface area (Å²) in [6.07, 6.45) is 3.06. The van der Waals surface area contributed by atoms with Gasteiger partial charge in [0.05, 0.1) is 0 Å². The predicted octanol–water partition coefficient (Wildman–Crippen LogP) is 0.539. The van der Waals surface area contributed by atoms with Gasteiger partial charge in [-0.15, -0.1) is 0 Å². The molecule has 0 fully saturated rings. The molecule has 58 valence electrons. The van der Waals surface area contributed by atoms with E-state index in [-0.39, 0.29) is 13.2 Å². The van der Waals surface area contributed by atoms with E-state index in [4.69, 9.17) is 7.45 Å². The molecule has 0 aliphatic carbocycles. The molecule has 0 aromatic rings. The standard InChI is InChI=1S/C6H11AsO3/c1-3-5-9-7(8)10-6-4-2/h3-4,7H,1-2,5-6H2. The molecule has 4 heteroatoms. The minimum atomic E-state index is -2.87. The van der Waals surface area contributed by atoms with Gasteiger partial charge in [-0.2, -0.15) is 0 Å². The first-order valence-electron chi connectivity index (χ1n) is 2.82. The van der Waals surface area contributed by atoms with Gasteiger partial charge in [0.1, 0.15) is 0 Å². The summed E-state index contributed by atoms with van der Waals surface area (Å²) in [5.41, 5.74) is 0. The Morgan fingerprint density at radius 2 is 1.60 bits per heavy atom. The summed E-state index contributed by atoms with van der Waals surface area (Å²) in [6, 6.07) is 0. The van der Waals surface area contributed by atoms with E-state index in [1.807, 2.05) is 0 Å². The van der Waals surface area contributed by atoms with Gasteiger partial charge in [0.15, 0.2) is 0 Å². The van der Waals surface area contributed by atoms with Gasteiger partial charge in [-0.05, 0) is 0 Å². The molecule has 0 rings (SSSR count). The molecule has 0 heterocycles. The van der Waals surface area contributed by atoms with Crippen LogP contribution in [0.3, 0.4) is 0 Å². The van der Waals surface area contributed by atoms with Gasteiger partial charge in [-0.1, -0.05) is 0 Å². The average molecular weight is 206 g/mol. The van der Waals surface area contributed by atoms with Gasteiger partial charge < -0.3 is 0 Å². The van der Waals surface area contributed by atoms with Crippen molar-refractivity contribution in [3.8, 4) is 0 Å². The minimum absolute atomic E-state index is 0.288. The van der Waals surface area contributed by atoms with E-state index in [1.54, 1.807) is 0 Å². The number of rotatable bonds is 6. The van der Waals surface area contributed by atoms with Crippen molar-refractivity contribution < 1.29 is 11.2 Å². The Morgan fingerprint density at radius 1 is 1.20 bits per heavy atom. The third kappa shape index (κ3) is 5.89. The van der Waals surface area contributed by atoms with E-state index in [0.29, 0.717) is 0 Å². The summed E-state index contributed by atoms with van der Waals surface area (Å²) in [4.78, 5) is 0. The fraction of sp³-hybridized carbons (Fsp3) is 0.333. The van der Waals surface area contributed by atoms with Gasteiger partial charge >= 0.3 is 65.0 Å². The van der Waals surface area contributed by atoms with E-state index in [0.717, 1.165) is 0 Å². The first-order valence-corrected chi connectivity index (χ1v) is 5.39. The normalized spacial score (nSPS) is 9.70. The first-order chi connectivity index (χ1) is 4.81.